The van der Waals surface area contributed by atoms with Crippen molar-refractivity contribution in [2.75, 3.05) is 11.7 Å². The van der Waals surface area contributed by atoms with Gasteiger partial charge in [-0.2, -0.15) is 10.2 Å². The van der Waals surface area contributed by atoms with E-state index in [9.17, 15) is 9.59 Å². The van der Waals surface area contributed by atoms with Crippen LogP contribution in [0, 0.1) is 5.92 Å². The van der Waals surface area contributed by atoms with Gasteiger partial charge >= 0.3 is 0 Å². The van der Waals surface area contributed by atoms with E-state index < -0.39 is 0 Å². The van der Waals surface area contributed by atoms with E-state index in [4.69, 9.17) is 4.84 Å². The van der Waals surface area contributed by atoms with Crippen LogP contribution in [0.2, 0.25) is 0 Å². The number of anilines is 1. The Bertz CT molecular complexity index is 566. The zero-order chi connectivity index (χ0) is 15.4. The lowest BCUT2D eigenvalue weighted by Crippen LogP contribution is -2.32. The van der Waals surface area contributed by atoms with Crippen molar-refractivity contribution in [1.29, 1.82) is 0 Å². The van der Waals surface area contributed by atoms with Gasteiger partial charge in [-0.25, -0.2) is 5.43 Å². The van der Waals surface area contributed by atoms with Gasteiger partial charge in [0.05, 0.1) is 18.0 Å². The lowest BCUT2D eigenvalue weighted by Gasteiger charge is -2.21. The van der Waals surface area contributed by atoms with Crippen molar-refractivity contribution < 1.29 is 14.4 Å². The molecular formula is C15H19N3O3. The third kappa shape index (κ3) is 3.46. The molecular weight excluding hydrogens is 270 g/mol. The molecule has 1 unspecified atom stereocenters. The molecule has 0 aromatic heterocycles. The molecule has 0 saturated heterocycles. The molecule has 1 heterocycles. The highest BCUT2D eigenvalue weighted by atomic mass is 16.7. The summed E-state index contributed by atoms with van der Waals surface area (Å²) in [7, 11) is 0. The maximum absolute atomic E-state index is 11.5. The van der Waals surface area contributed by atoms with Crippen molar-refractivity contribution in [2.24, 2.45) is 11.0 Å². The molecule has 1 N–H and O–H groups in total. The molecule has 1 aliphatic heterocycles. The van der Waals surface area contributed by atoms with Crippen molar-refractivity contribution >= 4 is 23.2 Å². The van der Waals surface area contributed by atoms with Gasteiger partial charge in [0.15, 0.2) is 0 Å². The van der Waals surface area contributed by atoms with Crippen LogP contribution in [-0.4, -0.2) is 24.1 Å². The van der Waals surface area contributed by atoms with Crippen LogP contribution >= 0.6 is 0 Å². The third-order valence-corrected chi connectivity index (χ3v) is 3.20. The fourth-order valence-electron chi connectivity index (χ4n) is 2.25. The highest BCUT2D eigenvalue weighted by molar-refractivity contribution is 6.06. The molecule has 1 aliphatic rings. The Hall–Kier alpha value is -2.21. The minimum atomic E-state index is -0.180. The second kappa shape index (κ2) is 6.49. The van der Waals surface area contributed by atoms with E-state index in [0.29, 0.717) is 18.7 Å². The summed E-state index contributed by atoms with van der Waals surface area (Å²) in [6.45, 7) is 5.66. The van der Waals surface area contributed by atoms with E-state index in [1.54, 1.807) is 12.1 Å². The average Bonchev–Trinajstić information content (AvgIpc) is 2.45. The number of rotatable bonds is 4. The van der Waals surface area contributed by atoms with E-state index in [1.807, 2.05) is 26.0 Å². The van der Waals surface area contributed by atoms with Crippen LogP contribution in [0.4, 0.5) is 5.69 Å². The first-order valence-corrected chi connectivity index (χ1v) is 6.93. The fourth-order valence-corrected chi connectivity index (χ4v) is 2.25. The van der Waals surface area contributed by atoms with Crippen LogP contribution in [0.25, 0.3) is 0 Å². The summed E-state index contributed by atoms with van der Waals surface area (Å²) >= 11 is 0. The zero-order valence-electron chi connectivity index (χ0n) is 12.4. The van der Waals surface area contributed by atoms with Gasteiger partial charge in [0, 0.05) is 19.3 Å². The van der Waals surface area contributed by atoms with E-state index in [2.05, 4.69) is 10.5 Å². The number of carbonyl (C=O) groups is 2. The highest BCUT2D eigenvalue weighted by Gasteiger charge is 2.22. The first kappa shape index (κ1) is 15.2. The maximum Gasteiger partial charge on any atom is 0.247 e. The van der Waals surface area contributed by atoms with Crippen LogP contribution < -0.4 is 10.5 Å². The Kier molecular flexibility index (Phi) is 4.70. The highest BCUT2D eigenvalue weighted by Crippen LogP contribution is 2.20. The second-order valence-electron chi connectivity index (χ2n) is 4.92. The van der Waals surface area contributed by atoms with E-state index in [0.717, 1.165) is 11.3 Å². The molecule has 21 heavy (non-hydrogen) atoms. The summed E-state index contributed by atoms with van der Waals surface area (Å²) in [6.07, 6.45) is 0.430. The number of hydroxylamine groups is 1. The topological polar surface area (TPSA) is 71.0 Å². The van der Waals surface area contributed by atoms with Crippen LogP contribution in [0.1, 0.15) is 32.8 Å². The quantitative estimate of drug-likeness (QED) is 0.860. The molecule has 2 amide bonds. The number of nitrogens with zero attached hydrogens (tertiary/aromatic N) is 2. The van der Waals surface area contributed by atoms with Gasteiger partial charge < -0.3 is 0 Å². The van der Waals surface area contributed by atoms with Gasteiger partial charge in [-0.1, -0.05) is 19.1 Å². The molecule has 0 spiro atoms. The number of hydrogen-bond donors (Lipinski definition) is 1. The molecule has 1 aromatic carbocycles. The van der Waals surface area contributed by atoms with Gasteiger partial charge in [0.2, 0.25) is 11.8 Å². The fraction of sp³-hybridized carbons (Fsp3) is 0.400. The molecule has 0 fully saturated rings. The van der Waals surface area contributed by atoms with Crippen LogP contribution in [0.3, 0.4) is 0 Å². The Morgan fingerprint density at radius 3 is 2.62 bits per heavy atom. The summed E-state index contributed by atoms with van der Waals surface area (Å²) in [6, 6.07) is 7.35. The van der Waals surface area contributed by atoms with Crippen molar-refractivity contribution in [2.45, 2.75) is 27.2 Å². The Labute approximate surface area is 123 Å². The predicted molar refractivity (Wildman–Crippen MR) is 79.7 cm³/mol. The second-order valence-corrected chi connectivity index (χ2v) is 4.92. The largest absolute Gasteiger partial charge is 0.273 e. The summed E-state index contributed by atoms with van der Waals surface area (Å²) in [5.74, 6) is -0.178. The lowest BCUT2D eigenvalue weighted by atomic mass is 9.94. The van der Waals surface area contributed by atoms with Crippen LogP contribution in [-0.2, 0) is 14.4 Å². The first-order valence-electron chi connectivity index (χ1n) is 6.93. The monoisotopic (exact) mass is 289 g/mol. The Morgan fingerprint density at radius 1 is 1.43 bits per heavy atom. The molecule has 0 saturated carbocycles. The lowest BCUT2D eigenvalue weighted by molar-refractivity contribution is -0.123. The van der Waals surface area contributed by atoms with Gasteiger partial charge in [0.1, 0.15) is 0 Å². The number of carbonyl (C=O) groups excluding carboxylic acids is 2. The minimum absolute atomic E-state index is 0.0676. The van der Waals surface area contributed by atoms with Crippen molar-refractivity contribution in [1.82, 2.24) is 5.43 Å². The van der Waals surface area contributed by atoms with E-state index in [1.165, 1.54) is 12.0 Å². The zero-order valence-corrected chi connectivity index (χ0v) is 12.4. The number of benzene rings is 1. The Morgan fingerprint density at radius 2 is 2.10 bits per heavy atom. The third-order valence-electron chi connectivity index (χ3n) is 3.20. The van der Waals surface area contributed by atoms with Crippen molar-refractivity contribution in [3.05, 3.63) is 29.8 Å². The van der Waals surface area contributed by atoms with Gasteiger partial charge in [0.25, 0.3) is 0 Å². The molecule has 1 atom stereocenters. The average molecular weight is 289 g/mol. The first-order chi connectivity index (χ1) is 10.0. The van der Waals surface area contributed by atoms with Crippen LogP contribution in [0.5, 0.6) is 0 Å². The smallest absolute Gasteiger partial charge is 0.247 e. The SMILES string of the molecule is CCON(C(C)=O)c1ccc(C2=NNC(=O)CC2C)cc1. The van der Waals surface area contributed by atoms with Gasteiger partial charge in [-0.3, -0.25) is 14.4 Å². The summed E-state index contributed by atoms with van der Waals surface area (Å²) < 4.78 is 0. The standard InChI is InChI=1S/C15H19N3O3/c1-4-21-18(11(3)19)13-7-5-12(6-8-13)15-10(2)9-14(20)16-17-15/h5-8,10H,4,9H2,1-3H3,(H,16,20). The molecule has 0 aliphatic carbocycles. The predicted octanol–water partition coefficient (Wildman–Crippen LogP) is 1.85. The summed E-state index contributed by atoms with van der Waals surface area (Å²) in [5, 5.41) is 5.37. The van der Waals surface area contributed by atoms with E-state index in [-0.39, 0.29) is 17.7 Å². The summed E-state index contributed by atoms with van der Waals surface area (Å²) in [5.41, 5.74) is 4.93. The molecule has 0 radical (unpaired) electrons. The number of hydrazone groups is 1. The Balaban J connectivity index is 2.22. The molecule has 2 rings (SSSR count). The number of hydrogen-bond acceptors (Lipinski definition) is 4. The van der Waals surface area contributed by atoms with Gasteiger partial charge in [-0.15, -0.1) is 0 Å². The summed E-state index contributed by atoms with van der Waals surface area (Å²) in [4.78, 5) is 28.1. The molecule has 6 nitrogen and oxygen atoms in total. The maximum atomic E-state index is 11.5. The van der Waals surface area contributed by atoms with Crippen molar-refractivity contribution in [3.8, 4) is 0 Å². The normalized spacial score (nSPS) is 18.0. The minimum Gasteiger partial charge on any atom is -0.273 e. The van der Waals surface area contributed by atoms with Crippen molar-refractivity contribution in [3.63, 3.8) is 0 Å². The molecule has 0 bridgehead atoms. The van der Waals surface area contributed by atoms with E-state index >= 15 is 0 Å². The molecule has 112 valence electrons. The number of nitrogens with one attached hydrogen (secondary N) is 1. The van der Waals surface area contributed by atoms with Gasteiger partial charge in [-0.05, 0) is 24.6 Å². The molecule has 6 heteroatoms. The number of amides is 2. The van der Waals surface area contributed by atoms with Crippen LogP contribution in [0.15, 0.2) is 29.4 Å². The molecule has 1 aromatic rings.